The molecule has 2 atom stereocenters. The number of carboxylic acid groups (broad SMARTS) is 1. The highest BCUT2D eigenvalue weighted by molar-refractivity contribution is 5.92. The molecule has 0 radical (unpaired) electrons. The minimum absolute atomic E-state index is 0.00516. The Morgan fingerprint density at radius 2 is 1.13 bits per heavy atom. The predicted molar refractivity (Wildman–Crippen MR) is 269 cm³/mol. The molecular formula is C52H50F2N18O5. The fourth-order valence-corrected chi connectivity index (χ4v) is 10.2. The zero-order valence-corrected chi connectivity index (χ0v) is 41.7. The van der Waals surface area contributed by atoms with Crippen LogP contribution in [-0.4, -0.2) is 109 Å². The number of imidazole rings is 4. The number of ether oxygens (including phenoxy) is 2. The number of aromatic carboxylic acids is 1. The molecule has 0 saturated heterocycles. The number of methoxy groups -OCH3 is 2. The number of tetrazole rings is 2. The summed E-state index contributed by atoms with van der Waals surface area (Å²) in [4.78, 5) is 42.5. The molecule has 23 nitrogen and oxygen atoms in total. The zero-order chi connectivity index (χ0) is 52.9. The Bertz CT molecular complexity index is 3820. The number of halogens is 2. The van der Waals surface area contributed by atoms with Crippen molar-refractivity contribution in [1.82, 2.24) is 83.6 Å². The number of nitrogens with two attached hydrogens (primary N) is 1. The van der Waals surface area contributed by atoms with Gasteiger partial charge in [0.1, 0.15) is 41.3 Å². The first kappa shape index (κ1) is 48.7. The topological polar surface area (TPSA) is 268 Å². The van der Waals surface area contributed by atoms with Crippen LogP contribution in [0, 0.1) is 11.6 Å². The summed E-state index contributed by atoms with van der Waals surface area (Å²) in [6.07, 6.45) is 23.0. The molecule has 4 aliphatic rings. The van der Waals surface area contributed by atoms with Gasteiger partial charge >= 0.3 is 5.97 Å². The number of hydrogen-bond donors (Lipinski definition) is 3. The van der Waals surface area contributed by atoms with Gasteiger partial charge in [0.25, 0.3) is 5.91 Å². The zero-order valence-electron chi connectivity index (χ0n) is 41.7. The third-order valence-corrected chi connectivity index (χ3v) is 14.4. The molecule has 2 saturated carbocycles. The molecule has 8 aromatic heterocycles. The average molecular weight is 1050 g/mol. The number of carboxylic acids is 1. The summed E-state index contributed by atoms with van der Waals surface area (Å²) in [6, 6.07) is 14.8. The number of nitrogens with one attached hydrogen (secondary N) is 1. The van der Waals surface area contributed by atoms with Crippen molar-refractivity contribution in [2.75, 3.05) is 14.2 Å². The normalized spacial score (nSPS) is 16.4. The van der Waals surface area contributed by atoms with E-state index in [1.54, 1.807) is 24.5 Å². The van der Waals surface area contributed by atoms with Gasteiger partial charge in [0.2, 0.25) is 0 Å². The molecule has 1 amide bonds. The standard InChI is InChI=1S/C26H24FN9O2.C17H16N4O2.C9H10FN5O/c1-38-22-7-5-20(36-14-29-32-33-36)17(25(22)27)10-28-26(37)19-13-35-21(6-9-24(35)31-19)18-12-34-11-16(15-2-3-15)4-8-23(34)30-18;22-17(23)13-9-21-14(4-6-16(21)19-13)12-8-20-7-11(10-1-2-10)3-5-15(20)18-12;1-16-8-3-2-7(6(4-11)9(8)10)15-5-12-13-14-15/h4-5,7-8,11-15,21H,2-3,6,9-10H2,1H3,(H,28,37);3,5,7-10,14H,1-2,4,6H2,(H,22,23);2-3,5H,4,11H2,1H3. The minimum atomic E-state index is -0.977. The molecule has 77 heavy (non-hydrogen) atoms. The van der Waals surface area contributed by atoms with Crippen LogP contribution in [0.4, 0.5) is 8.78 Å². The van der Waals surface area contributed by atoms with E-state index >= 15 is 4.39 Å². The molecule has 2 aromatic carbocycles. The van der Waals surface area contributed by atoms with Crippen molar-refractivity contribution in [3.63, 3.8) is 0 Å². The van der Waals surface area contributed by atoms with E-state index in [1.807, 2.05) is 9.13 Å². The van der Waals surface area contributed by atoms with Gasteiger partial charge in [-0.2, -0.15) is 0 Å². The second-order valence-electron chi connectivity index (χ2n) is 19.2. The lowest BCUT2D eigenvalue weighted by molar-refractivity contribution is 0.0690. The van der Waals surface area contributed by atoms with Crippen molar-refractivity contribution in [3.05, 3.63) is 167 Å². The van der Waals surface area contributed by atoms with E-state index in [4.69, 9.17) is 30.3 Å². The highest BCUT2D eigenvalue weighted by Crippen LogP contribution is 2.41. The van der Waals surface area contributed by atoms with Crippen LogP contribution < -0.4 is 20.5 Å². The lowest BCUT2D eigenvalue weighted by Gasteiger charge is -2.13. The second-order valence-corrected chi connectivity index (χ2v) is 19.2. The molecule has 392 valence electrons. The Morgan fingerprint density at radius 3 is 1.60 bits per heavy atom. The van der Waals surface area contributed by atoms with Gasteiger partial charge in [-0.3, -0.25) is 4.79 Å². The van der Waals surface area contributed by atoms with Gasteiger partial charge in [-0.15, -0.1) is 10.2 Å². The van der Waals surface area contributed by atoms with Crippen LogP contribution >= 0.6 is 0 Å². The summed E-state index contributed by atoms with van der Waals surface area (Å²) in [6.45, 7) is -0.0589. The first-order valence-electron chi connectivity index (χ1n) is 25.1. The molecule has 4 N–H and O–H groups in total. The van der Waals surface area contributed by atoms with Gasteiger partial charge in [-0.25, -0.2) is 42.9 Å². The van der Waals surface area contributed by atoms with Crippen LogP contribution in [0.2, 0.25) is 0 Å². The molecule has 0 bridgehead atoms. The number of carbonyl (C=O) groups is 2. The number of fused-ring (bicyclic) bond motifs is 4. The van der Waals surface area contributed by atoms with Crippen molar-refractivity contribution < 1.29 is 33.0 Å². The number of aromatic nitrogens is 16. The number of hydrogen-bond acceptors (Lipinski definition) is 15. The third-order valence-electron chi connectivity index (χ3n) is 14.4. The van der Waals surface area contributed by atoms with E-state index in [1.165, 1.54) is 85.2 Å². The Kier molecular flexibility index (Phi) is 12.7. The minimum Gasteiger partial charge on any atom is -0.494 e. The molecule has 10 aromatic rings. The molecule has 2 aliphatic heterocycles. The van der Waals surface area contributed by atoms with Crippen molar-refractivity contribution in [1.29, 1.82) is 0 Å². The molecule has 10 heterocycles. The highest BCUT2D eigenvalue weighted by Gasteiger charge is 2.32. The Labute approximate surface area is 436 Å². The van der Waals surface area contributed by atoms with Gasteiger partial charge in [-0.05, 0) is 119 Å². The highest BCUT2D eigenvalue weighted by atomic mass is 19.1. The summed E-state index contributed by atoms with van der Waals surface area (Å²) < 4.78 is 49.8. The average Bonchev–Trinajstić information content (AvgIpc) is 3.93. The van der Waals surface area contributed by atoms with E-state index in [0.29, 0.717) is 22.9 Å². The predicted octanol–water partition coefficient (Wildman–Crippen LogP) is 5.91. The van der Waals surface area contributed by atoms with E-state index in [2.05, 4.69) is 104 Å². The van der Waals surface area contributed by atoms with Crippen molar-refractivity contribution in [2.45, 2.75) is 88.4 Å². The molecule has 25 heteroatoms. The summed E-state index contributed by atoms with van der Waals surface area (Å²) >= 11 is 0. The maximum absolute atomic E-state index is 15.1. The fraction of sp³-hybridized carbons (Fsp3) is 0.308. The lowest BCUT2D eigenvalue weighted by atomic mass is 10.1. The van der Waals surface area contributed by atoms with Crippen molar-refractivity contribution in [3.8, 4) is 22.9 Å². The SMILES string of the molecule is COc1ccc(-n2cnnn2)c(CN)c1F.COc1ccc(-n2cnnn2)c(CNC(=O)c2cn3c(n2)CCC3c2cn3cc(C4CC4)ccc3n2)c1F.O=C(O)c1cn2c(n1)CCC2c1cn2cc(C3CC3)ccc2n1. The maximum atomic E-state index is 15.1. The van der Waals surface area contributed by atoms with Crippen molar-refractivity contribution in [2.24, 2.45) is 5.73 Å². The summed E-state index contributed by atoms with van der Waals surface area (Å²) in [5, 5.41) is 33.6. The fourth-order valence-electron chi connectivity index (χ4n) is 10.2. The van der Waals surface area contributed by atoms with Gasteiger partial charge in [0.15, 0.2) is 28.8 Å². The smallest absolute Gasteiger partial charge is 0.356 e. The Hall–Kier alpha value is -9.26. The molecule has 2 aliphatic carbocycles. The van der Waals surface area contributed by atoms with Crippen LogP contribution in [0.25, 0.3) is 22.7 Å². The second kappa shape index (κ2) is 20.1. The number of amides is 1. The van der Waals surface area contributed by atoms with Crippen LogP contribution in [-0.2, 0) is 25.9 Å². The van der Waals surface area contributed by atoms with Gasteiger partial charge < -0.3 is 43.6 Å². The molecule has 14 rings (SSSR count). The van der Waals surface area contributed by atoms with Crippen LogP contribution in [0.5, 0.6) is 11.5 Å². The number of carbonyl (C=O) groups excluding carboxylic acids is 1. The molecule has 2 unspecified atom stereocenters. The van der Waals surface area contributed by atoms with Crippen LogP contribution in [0.15, 0.2) is 98.4 Å². The maximum Gasteiger partial charge on any atom is 0.356 e. The number of benzene rings is 2. The van der Waals surface area contributed by atoms with Gasteiger partial charge in [0.05, 0.1) is 49.1 Å². The van der Waals surface area contributed by atoms with E-state index in [0.717, 1.165) is 65.9 Å². The van der Waals surface area contributed by atoms with E-state index < -0.39 is 23.5 Å². The monoisotopic (exact) mass is 1040 g/mol. The summed E-state index contributed by atoms with van der Waals surface area (Å²) in [5.41, 5.74) is 13.8. The lowest BCUT2D eigenvalue weighted by Crippen LogP contribution is -2.25. The van der Waals surface area contributed by atoms with Crippen LogP contribution in [0.3, 0.4) is 0 Å². The molecular weight excluding hydrogens is 995 g/mol. The Balaban J connectivity index is 0.000000129. The van der Waals surface area contributed by atoms with E-state index in [-0.39, 0.29) is 53.6 Å². The summed E-state index contributed by atoms with van der Waals surface area (Å²) in [5.74, 6) is 0.810. The first-order chi connectivity index (χ1) is 37.5. The number of nitrogens with zero attached hydrogens (tertiary/aromatic N) is 16. The van der Waals surface area contributed by atoms with E-state index in [9.17, 15) is 14.0 Å². The first-order valence-corrected chi connectivity index (χ1v) is 25.1. The Morgan fingerprint density at radius 1 is 0.636 bits per heavy atom. The molecule has 2 fully saturated rings. The number of rotatable bonds is 13. The quantitative estimate of drug-likeness (QED) is 0.121. The summed E-state index contributed by atoms with van der Waals surface area (Å²) in [7, 11) is 2.78. The third kappa shape index (κ3) is 9.48. The van der Waals surface area contributed by atoms with Crippen molar-refractivity contribution >= 4 is 23.2 Å². The van der Waals surface area contributed by atoms with Crippen LogP contribution in [0.1, 0.15) is 129 Å². The molecule has 0 spiro atoms. The van der Waals surface area contributed by atoms with Gasteiger partial charge in [0, 0.05) is 74.2 Å². The van der Waals surface area contributed by atoms with Gasteiger partial charge in [-0.1, -0.05) is 12.1 Å². The number of pyridine rings is 2. The number of aryl methyl sites for hydroxylation is 2. The largest absolute Gasteiger partial charge is 0.494 e.